The highest BCUT2D eigenvalue weighted by molar-refractivity contribution is 5.21. The highest BCUT2D eigenvalue weighted by Crippen LogP contribution is 2.12. The molecule has 0 saturated carbocycles. The molecule has 0 unspecified atom stereocenters. The number of aryl methyl sites for hydroxylation is 2. The predicted molar refractivity (Wildman–Crippen MR) is 53.5 cm³/mol. The van der Waals surface area contributed by atoms with Crippen molar-refractivity contribution in [3.63, 3.8) is 0 Å². The average molecular weight is 196 g/mol. The molecule has 0 bridgehead atoms. The summed E-state index contributed by atoms with van der Waals surface area (Å²) in [6.07, 6.45) is 2.65. The lowest BCUT2D eigenvalue weighted by molar-refractivity contribution is 0.170. The number of methoxy groups -OCH3 is 1. The summed E-state index contributed by atoms with van der Waals surface area (Å²) in [5, 5.41) is 0. The first-order valence-corrected chi connectivity index (χ1v) is 4.66. The average Bonchev–Trinajstić information content (AvgIpc) is 2.18. The van der Waals surface area contributed by atoms with Crippen molar-refractivity contribution in [2.24, 2.45) is 0 Å². The zero-order chi connectivity index (χ0) is 10.4. The molecule has 4 heteroatoms. The minimum absolute atomic E-state index is 0.630. The highest BCUT2D eigenvalue weighted by atomic mass is 16.5. The molecule has 14 heavy (non-hydrogen) atoms. The fourth-order valence-electron chi connectivity index (χ4n) is 1.03. The number of hydrogen-bond acceptors (Lipinski definition) is 4. The molecule has 1 aromatic rings. The number of aromatic nitrogens is 2. The van der Waals surface area contributed by atoms with Gasteiger partial charge in [0.25, 0.3) is 0 Å². The predicted octanol–water partition coefficient (Wildman–Crippen LogP) is 1.51. The van der Waals surface area contributed by atoms with Crippen molar-refractivity contribution in [1.29, 1.82) is 0 Å². The topological polar surface area (TPSA) is 44.2 Å². The van der Waals surface area contributed by atoms with E-state index in [1.807, 2.05) is 13.8 Å². The van der Waals surface area contributed by atoms with Gasteiger partial charge in [-0.1, -0.05) is 0 Å². The summed E-state index contributed by atoms with van der Waals surface area (Å²) in [5.74, 6) is 1.41. The van der Waals surface area contributed by atoms with Crippen LogP contribution in [0.3, 0.4) is 0 Å². The van der Waals surface area contributed by atoms with Gasteiger partial charge in [0.15, 0.2) is 0 Å². The third kappa shape index (κ3) is 3.30. The smallest absolute Gasteiger partial charge is 0.219 e. The largest absolute Gasteiger partial charge is 0.477 e. The van der Waals surface area contributed by atoms with Gasteiger partial charge in [0.05, 0.1) is 6.61 Å². The van der Waals surface area contributed by atoms with E-state index in [0.717, 1.165) is 17.8 Å². The first-order valence-electron chi connectivity index (χ1n) is 4.66. The SMILES string of the molecule is COCCCOc1nc(C)ncc1C. The van der Waals surface area contributed by atoms with Gasteiger partial charge >= 0.3 is 0 Å². The molecule has 1 heterocycles. The van der Waals surface area contributed by atoms with Gasteiger partial charge in [0.1, 0.15) is 5.82 Å². The zero-order valence-corrected chi connectivity index (χ0v) is 8.91. The van der Waals surface area contributed by atoms with Crippen LogP contribution in [-0.2, 0) is 4.74 Å². The normalized spacial score (nSPS) is 10.2. The molecule has 0 atom stereocenters. The second kappa shape index (κ2) is 5.54. The maximum atomic E-state index is 5.49. The Morgan fingerprint density at radius 3 is 2.79 bits per heavy atom. The van der Waals surface area contributed by atoms with Crippen molar-refractivity contribution >= 4 is 0 Å². The van der Waals surface area contributed by atoms with E-state index in [4.69, 9.17) is 9.47 Å². The monoisotopic (exact) mass is 196 g/mol. The van der Waals surface area contributed by atoms with E-state index in [0.29, 0.717) is 19.1 Å². The molecule has 0 N–H and O–H groups in total. The van der Waals surface area contributed by atoms with E-state index < -0.39 is 0 Å². The Labute approximate surface area is 84.3 Å². The van der Waals surface area contributed by atoms with Crippen LogP contribution in [0.2, 0.25) is 0 Å². The van der Waals surface area contributed by atoms with Crippen molar-refractivity contribution < 1.29 is 9.47 Å². The van der Waals surface area contributed by atoms with Crippen molar-refractivity contribution in [3.05, 3.63) is 17.6 Å². The summed E-state index contributed by atoms with van der Waals surface area (Å²) in [5.41, 5.74) is 0.966. The highest BCUT2D eigenvalue weighted by Gasteiger charge is 2.01. The van der Waals surface area contributed by atoms with Gasteiger partial charge in [-0.15, -0.1) is 0 Å². The molecule has 4 nitrogen and oxygen atoms in total. The van der Waals surface area contributed by atoms with Gasteiger partial charge < -0.3 is 9.47 Å². The minimum atomic E-state index is 0.630. The summed E-state index contributed by atoms with van der Waals surface area (Å²) in [6.45, 7) is 5.13. The van der Waals surface area contributed by atoms with Gasteiger partial charge in [-0.25, -0.2) is 4.98 Å². The summed E-state index contributed by atoms with van der Waals surface area (Å²) >= 11 is 0. The summed E-state index contributed by atoms with van der Waals surface area (Å²) in [6, 6.07) is 0. The Bertz CT molecular complexity index is 289. The Balaban J connectivity index is 2.45. The van der Waals surface area contributed by atoms with E-state index in [-0.39, 0.29) is 0 Å². The fourth-order valence-corrected chi connectivity index (χ4v) is 1.03. The molecule has 0 amide bonds. The maximum absolute atomic E-state index is 5.49. The summed E-state index contributed by atoms with van der Waals surface area (Å²) < 4.78 is 10.4. The molecule has 1 rings (SSSR count). The number of rotatable bonds is 5. The van der Waals surface area contributed by atoms with Crippen LogP contribution in [0.5, 0.6) is 5.88 Å². The van der Waals surface area contributed by atoms with E-state index >= 15 is 0 Å². The van der Waals surface area contributed by atoms with Crippen molar-refractivity contribution in [3.8, 4) is 5.88 Å². The van der Waals surface area contributed by atoms with E-state index in [1.165, 1.54) is 0 Å². The molecule has 1 aromatic heterocycles. The van der Waals surface area contributed by atoms with Crippen molar-refractivity contribution in [1.82, 2.24) is 9.97 Å². The third-order valence-electron chi connectivity index (χ3n) is 1.78. The van der Waals surface area contributed by atoms with Crippen LogP contribution in [0.1, 0.15) is 17.8 Å². The molecule has 0 aliphatic heterocycles. The lowest BCUT2D eigenvalue weighted by Gasteiger charge is -2.07. The van der Waals surface area contributed by atoms with Crippen LogP contribution in [-0.4, -0.2) is 30.3 Å². The lowest BCUT2D eigenvalue weighted by Crippen LogP contribution is -2.05. The fraction of sp³-hybridized carbons (Fsp3) is 0.600. The van der Waals surface area contributed by atoms with E-state index in [9.17, 15) is 0 Å². The van der Waals surface area contributed by atoms with Gasteiger partial charge in [-0.05, 0) is 13.8 Å². The molecule has 0 aliphatic rings. The van der Waals surface area contributed by atoms with Crippen LogP contribution < -0.4 is 4.74 Å². The molecule has 0 aromatic carbocycles. The standard InChI is InChI=1S/C10H16N2O2/c1-8-7-11-9(2)12-10(8)14-6-4-5-13-3/h7H,4-6H2,1-3H3. The molecule has 0 saturated heterocycles. The van der Waals surface area contributed by atoms with Crippen LogP contribution >= 0.6 is 0 Å². The zero-order valence-electron chi connectivity index (χ0n) is 8.91. The molecule has 0 fully saturated rings. The molecule has 0 aliphatic carbocycles. The van der Waals surface area contributed by atoms with Gasteiger partial charge in [-0.2, -0.15) is 4.98 Å². The third-order valence-corrected chi connectivity index (χ3v) is 1.78. The maximum Gasteiger partial charge on any atom is 0.219 e. The molecular formula is C10H16N2O2. The van der Waals surface area contributed by atoms with Crippen molar-refractivity contribution in [2.45, 2.75) is 20.3 Å². The van der Waals surface area contributed by atoms with Gasteiger partial charge in [0, 0.05) is 31.9 Å². The lowest BCUT2D eigenvalue weighted by atomic mass is 10.3. The Kier molecular flexibility index (Phi) is 4.32. The number of nitrogens with zero attached hydrogens (tertiary/aromatic N) is 2. The molecular weight excluding hydrogens is 180 g/mol. The summed E-state index contributed by atoms with van der Waals surface area (Å²) in [7, 11) is 1.68. The Hall–Kier alpha value is -1.16. The molecule has 78 valence electrons. The van der Waals surface area contributed by atoms with Crippen LogP contribution in [0.25, 0.3) is 0 Å². The summed E-state index contributed by atoms with van der Waals surface area (Å²) in [4.78, 5) is 8.26. The van der Waals surface area contributed by atoms with Crippen LogP contribution in [0.15, 0.2) is 6.20 Å². The first-order chi connectivity index (χ1) is 6.74. The van der Waals surface area contributed by atoms with Crippen molar-refractivity contribution in [2.75, 3.05) is 20.3 Å². The van der Waals surface area contributed by atoms with E-state index in [1.54, 1.807) is 13.3 Å². The Morgan fingerprint density at radius 2 is 2.07 bits per heavy atom. The minimum Gasteiger partial charge on any atom is -0.477 e. The van der Waals surface area contributed by atoms with Crippen LogP contribution in [0.4, 0.5) is 0 Å². The molecule has 0 radical (unpaired) electrons. The number of hydrogen-bond donors (Lipinski definition) is 0. The number of ether oxygens (including phenoxy) is 2. The van der Waals surface area contributed by atoms with E-state index in [2.05, 4.69) is 9.97 Å². The first kappa shape index (κ1) is 10.9. The van der Waals surface area contributed by atoms with Gasteiger partial charge in [0.2, 0.25) is 5.88 Å². The second-order valence-electron chi connectivity index (χ2n) is 3.10. The van der Waals surface area contributed by atoms with Crippen LogP contribution in [0, 0.1) is 13.8 Å². The quantitative estimate of drug-likeness (QED) is 0.669. The second-order valence-corrected chi connectivity index (χ2v) is 3.10. The molecule has 0 spiro atoms. The van der Waals surface area contributed by atoms with Gasteiger partial charge in [-0.3, -0.25) is 0 Å². The Morgan fingerprint density at radius 1 is 1.29 bits per heavy atom.